The molecule has 140 valence electrons. The highest BCUT2D eigenvalue weighted by molar-refractivity contribution is 5.80. The van der Waals surface area contributed by atoms with E-state index in [0.29, 0.717) is 30.4 Å². The van der Waals surface area contributed by atoms with E-state index in [9.17, 15) is 4.79 Å². The van der Waals surface area contributed by atoms with E-state index >= 15 is 0 Å². The van der Waals surface area contributed by atoms with Gasteiger partial charge >= 0.3 is 0 Å². The van der Waals surface area contributed by atoms with Crippen molar-refractivity contribution >= 4 is 11.9 Å². The van der Waals surface area contributed by atoms with Crippen molar-refractivity contribution in [2.45, 2.75) is 32.7 Å². The summed E-state index contributed by atoms with van der Waals surface area (Å²) in [6.07, 6.45) is 4.05. The first-order valence-electron chi connectivity index (χ1n) is 8.92. The summed E-state index contributed by atoms with van der Waals surface area (Å²) in [4.78, 5) is 22.5. The number of nitrogens with zero attached hydrogens (tertiary/aromatic N) is 4. The summed E-state index contributed by atoms with van der Waals surface area (Å²) in [5.41, 5.74) is 5.35. The maximum atomic E-state index is 11.2. The van der Waals surface area contributed by atoms with Gasteiger partial charge in [0.1, 0.15) is 12.4 Å². The molecule has 1 saturated heterocycles. The predicted molar refractivity (Wildman–Crippen MR) is 97.0 cm³/mol. The molecule has 0 saturated carbocycles. The number of hydrogen-bond donors (Lipinski definition) is 3. The summed E-state index contributed by atoms with van der Waals surface area (Å²) < 4.78 is 5.30. The molecule has 26 heavy (non-hydrogen) atoms. The van der Waals surface area contributed by atoms with E-state index in [2.05, 4.69) is 30.4 Å². The Morgan fingerprint density at radius 3 is 3.19 bits per heavy atom. The van der Waals surface area contributed by atoms with Gasteiger partial charge in [0.25, 0.3) is 0 Å². The zero-order valence-electron chi connectivity index (χ0n) is 14.9. The Bertz CT molecular complexity index is 738. The van der Waals surface area contributed by atoms with E-state index < -0.39 is 0 Å². The predicted octanol–water partition coefficient (Wildman–Crippen LogP) is 1.12. The molecule has 0 aliphatic carbocycles. The Kier molecular flexibility index (Phi) is 5.88. The summed E-state index contributed by atoms with van der Waals surface area (Å²) in [5.74, 6) is 2.65. The highest BCUT2D eigenvalue weighted by Crippen LogP contribution is 2.19. The first-order valence-corrected chi connectivity index (χ1v) is 8.92. The Balaban J connectivity index is 1.66. The average molecular weight is 359 g/mol. The number of nitrogens with one attached hydrogen (secondary N) is 2. The van der Waals surface area contributed by atoms with Gasteiger partial charge in [-0.05, 0) is 37.8 Å². The molecule has 1 fully saturated rings. The smallest absolute Gasteiger partial charge is 0.217 e. The molecule has 2 aromatic rings. The van der Waals surface area contributed by atoms with Crippen molar-refractivity contribution in [1.29, 1.82) is 0 Å². The number of carbonyl (C=O) groups is 1. The molecular formula is C17H25N7O2. The lowest BCUT2D eigenvalue weighted by atomic mass is 9.95. The Hall–Kier alpha value is -2.84. The van der Waals surface area contributed by atoms with Crippen LogP contribution in [-0.4, -0.2) is 51.6 Å². The number of aromatic amines is 1. The highest BCUT2D eigenvalue weighted by atomic mass is 16.3. The summed E-state index contributed by atoms with van der Waals surface area (Å²) in [7, 11) is 0. The Morgan fingerprint density at radius 2 is 2.46 bits per heavy atom. The number of primary amides is 1. The number of guanidine groups is 1. The SMILES string of the molecule is CCNC(=NCc1nc(-c2ccco2)n[nH]1)N1CCCC(CC(N)=O)C1. The first-order chi connectivity index (χ1) is 12.7. The number of H-pyrrole nitrogens is 1. The maximum Gasteiger partial charge on any atom is 0.217 e. The minimum absolute atomic E-state index is 0.245. The average Bonchev–Trinajstić information content (AvgIpc) is 3.29. The van der Waals surface area contributed by atoms with Crippen molar-refractivity contribution in [3.05, 3.63) is 24.2 Å². The number of rotatable bonds is 6. The molecule has 0 bridgehead atoms. The molecule has 0 radical (unpaired) electrons. The number of likely N-dealkylation sites (tertiary alicyclic amines) is 1. The maximum absolute atomic E-state index is 11.2. The fraction of sp³-hybridized carbons (Fsp3) is 0.529. The van der Waals surface area contributed by atoms with Crippen LogP contribution in [0.2, 0.25) is 0 Å². The number of aliphatic imine (C=N–C) groups is 1. The zero-order chi connectivity index (χ0) is 18.4. The van der Waals surface area contributed by atoms with Crippen molar-refractivity contribution in [2.24, 2.45) is 16.6 Å². The molecule has 9 heteroatoms. The van der Waals surface area contributed by atoms with E-state index in [1.165, 1.54) is 0 Å². The highest BCUT2D eigenvalue weighted by Gasteiger charge is 2.23. The van der Waals surface area contributed by atoms with Crippen molar-refractivity contribution in [2.75, 3.05) is 19.6 Å². The molecular weight excluding hydrogens is 334 g/mol. The van der Waals surface area contributed by atoms with Crippen LogP contribution in [0.15, 0.2) is 27.8 Å². The van der Waals surface area contributed by atoms with E-state index in [1.54, 1.807) is 12.3 Å². The van der Waals surface area contributed by atoms with Gasteiger partial charge in [-0.15, -0.1) is 5.10 Å². The normalized spacial score (nSPS) is 18.1. The third-order valence-electron chi connectivity index (χ3n) is 4.30. The van der Waals surface area contributed by atoms with Gasteiger partial charge in [-0.1, -0.05) is 0 Å². The lowest BCUT2D eigenvalue weighted by Gasteiger charge is -2.34. The molecule has 1 unspecified atom stereocenters. The molecule has 0 aromatic carbocycles. The lowest BCUT2D eigenvalue weighted by Crippen LogP contribution is -2.47. The molecule has 0 spiro atoms. The van der Waals surface area contributed by atoms with E-state index in [1.807, 2.05) is 13.0 Å². The number of hydrogen-bond acceptors (Lipinski definition) is 5. The molecule has 1 aliphatic rings. The van der Waals surface area contributed by atoms with Gasteiger partial charge in [0.15, 0.2) is 11.7 Å². The van der Waals surface area contributed by atoms with E-state index in [-0.39, 0.29) is 11.8 Å². The van der Waals surface area contributed by atoms with Crippen LogP contribution in [-0.2, 0) is 11.3 Å². The van der Waals surface area contributed by atoms with Crippen LogP contribution in [0.3, 0.4) is 0 Å². The summed E-state index contributed by atoms with van der Waals surface area (Å²) >= 11 is 0. The number of amides is 1. The number of carbonyl (C=O) groups excluding carboxylic acids is 1. The molecule has 9 nitrogen and oxygen atoms in total. The van der Waals surface area contributed by atoms with E-state index in [0.717, 1.165) is 38.4 Å². The van der Waals surface area contributed by atoms with Gasteiger partial charge in [0.2, 0.25) is 11.7 Å². The number of furan rings is 1. The first kappa shape index (κ1) is 18.0. The largest absolute Gasteiger partial charge is 0.461 e. The van der Waals surface area contributed by atoms with Crippen molar-refractivity contribution in [1.82, 2.24) is 25.4 Å². The van der Waals surface area contributed by atoms with Crippen LogP contribution < -0.4 is 11.1 Å². The minimum Gasteiger partial charge on any atom is -0.461 e. The molecule has 1 atom stereocenters. The minimum atomic E-state index is -0.245. The molecule has 3 heterocycles. The molecule has 1 aliphatic heterocycles. The van der Waals surface area contributed by atoms with Crippen LogP contribution >= 0.6 is 0 Å². The van der Waals surface area contributed by atoms with Gasteiger partial charge in [0.05, 0.1) is 6.26 Å². The van der Waals surface area contributed by atoms with Gasteiger partial charge < -0.3 is 20.4 Å². The van der Waals surface area contributed by atoms with E-state index in [4.69, 9.17) is 10.2 Å². The second-order valence-electron chi connectivity index (χ2n) is 6.38. The molecule has 3 rings (SSSR count). The van der Waals surface area contributed by atoms with Crippen LogP contribution in [0.4, 0.5) is 0 Å². The fourth-order valence-corrected chi connectivity index (χ4v) is 3.17. The standard InChI is InChI=1S/C17H25N7O2/c1-2-19-17(24-7-3-5-12(11-24)9-14(18)25)20-10-15-21-16(23-22-15)13-6-4-8-26-13/h4,6,8,12H,2-3,5,7,9-11H2,1H3,(H2,18,25)(H,19,20)(H,21,22,23). The lowest BCUT2D eigenvalue weighted by molar-refractivity contribution is -0.119. The van der Waals surface area contributed by atoms with Gasteiger partial charge in [0, 0.05) is 26.1 Å². The van der Waals surface area contributed by atoms with Crippen LogP contribution in [0, 0.1) is 5.92 Å². The quantitative estimate of drug-likeness (QED) is 0.524. The second kappa shape index (κ2) is 8.50. The van der Waals surface area contributed by atoms with Gasteiger partial charge in [-0.3, -0.25) is 9.89 Å². The second-order valence-corrected chi connectivity index (χ2v) is 6.38. The topological polar surface area (TPSA) is 125 Å². The summed E-state index contributed by atoms with van der Waals surface area (Å²) in [5, 5.41) is 10.4. The third kappa shape index (κ3) is 4.62. The van der Waals surface area contributed by atoms with Gasteiger partial charge in [-0.25, -0.2) is 9.98 Å². The molecule has 1 amide bonds. The van der Waals surface area contributed by atoms with Crippen LogP contribution in [0.25, 0.3) is 11.6 Å². The monoisotopic (exact) mass is 359 g/mol. The summed E-state index contributed by atoms with van der Waals surface area (Å²) in [6.45, 7) is 4.87. The Morgan fingerprint density at radius 1 is 1.58 bits per heavy atom. The zero-order valence-corrected chi connectivity index (χ0v) is 14.9. The Labute approximate surface area is 152 Å². The number of nitrogens with two attached hydrogens (primary N) is 1. The number of piperidine rings is 1. The fourth-order valence-electron chi connectivity index (χ4n) is 3.17. The van der Waals surface area contributed by atoms with Crippen molar-refractivity contribution in [3.8, 4) is 11.6 Å². The van der Waals surface area contributed by atoms with Crippen LogP contribution in [0.5, 0.6) is 0 Å². The van der Waals surface area contributed by atoms with Crippen molar-refractivity contribution in [3.63, 3.8) is 0 Å². The number of aromatic nitrogens is 3. The molecule has 4 N–H and O–H groups in total. The molecule has 2 aromatic heterocycles. The third-order valence-corrected chi connectivity index (χ3v) is 4.30. The summed E-state index contributed by atoms with van der Waals surface area (Å²) in [6, 6.07) is 3.61. The van der Waals surface area contributed by atoms with Crippen molar-refractivity contribution < 1.29 is 9.21 Å². The van der Waals surface area contributed by atoms with Gasteiger partial charge in [-0.2, -0.15) is 0 Å². The van der Waals surface area contributed by atoms with Crippen LogP contribution in [0.1, 0.15) is 32.0 Å².